The number of nitrogens with two attached hydrogens (primary N) is 1. The molecule has 26 heavy (non-hydrogen) atoms. The lowest BCUT2D eigenvalue weighted by Crippen LogP contribution is -2.47. The normalized spacial score (nSPS) is 11.2. The van der Waals surface area contributed by atoms with Crippen LogP contribution in [0.5, 0.6) is 0 Å². The van der Waals surface area contributed by atoms with E-state index in [1.165, 1.54) is 18.8 Å². The molecule has 0 radical (unpaired) electrons. The molecule has 0 aliphatic rings. The molecule has 0 aliphatic carbocycles. The third-order valence-electron chi connectivity index (χ3n) is 3.63. The molecule has 0 bridgehead atoms. The minimum absolute atomic E-state index is 0.355. The molecular weight excluding hydrogens is 348 g/mol. The quantitative estimate of drug-likeness (QED) is 0.444. The van der Waals surface area contributed by atoms with Crippen molar-refractivity contribution in [1.29, 1.82) is 5.26 Å². The third kappa shape index (κ3) is 5.53. The fraction of sp³-hybridized carbons (Fsp3) is 0.211. The van der Waals surface area contributed by atoms with Gasteiger partial charge in [-0.2, -0.15) is 17.0 Å². The Morgan fingerprint density at radius 2 is 1.96 bits per heavy atom. The number of nitrogens with one attached hydrogen (secondary N) is 1. The van der Waals surface area contributed by atoms with Gasteiger partial charge in [0.05, 0.1) is 0 Å². The highest BCUT2D eigenvalue weighted by Crippen LogP contribution is 2.14. The van der Waals surface area contributed by atoms with Gasteiger partial charge in [-0.3, -0.25) is 14.5 Å². The molecule has 0 aromatic heterocycles. The van der Waals surface area contributed by atoms with E-state index in [4.69, 9.17) is 11.0 Å². The Balaban J connectivity index is 2.04. The van der Waals surface area contributed by atoms with Gasteiger partial charge in [0.2, 0.25) is 0 Å². The molecule has 0 spiro atoms. The smallest absolute Gasteiger partial charge is 0.258 e. The number of nitriles is 1. The van der Waals surface area contributed by atoms with E-state index in [0.29, 0.717) is 22.8 Å². The molecule has 2 aromatic carbocycles. The minimum Gasteiger partial charge on any atom is -0.399 e. The number of nitrogens with zero attached hydrogens (tertiary/aromatic N) is 2. The Labute approximate surface area is 157 Å². The molecule has 6 nitrogen and oxygen atoms in total. The second-order valence-electron chi connectivity index (χ2n) is 5.65. The summed E-state index contributed by atoms with van der Waals surface area (Å²) in [6, 6.07) is 15.5. The highest BCUT2D eigenvalue weighted by atomic mass is 32.2. The summed E-state index contributed by atoms with van der Waals surface area (Å²) in [4.78, 5) is 25.8. The fourth-order valence-corrected chi connectivity index (χ4v) is 3.26. The predicted molar refractivity (Wildman–Crippen MR) is 103 cm³/mol. The molecular formula is C19H20N4O2S. The maximum Gasteiger partial charge on any atom is 0.258 e. The van der Waals surface area contributed by atoms with Crippen molar-refractivity contribution in [2.75, 3.05) is 18.5 Å². The maximum absolute atomic E-state index is 12.4. The minimum atomic E-state index is -0.803. The maximum atomic E-state index is 12.4. The Hall–Kier alpha value is -2.98. The molecule has 2 aromatic rings. The number of nitrogen functional groups attached to an aromatic ring is 1. The highest BCUT2D eigenvalue weighted by Gasteiger charge is 2.24. The van der Waals surface area contributed by atoms with Gasteiger partial charge in [0.25, 0.3) is 11.8 Å². The van der Waals surface area contributed by atoms with Crippen molar-refractivity contribution in [2.45, 2.75) is 11.8 Å². The Bertz CT molecular complexity index is 805. The molecule has 0 aliphatic heterocycles. The van der Waals surface area contributed by atoms with Crippen LogP contribution < -0.4 is 11.1 Å². The van der Waals surface area contributed by atoms with Crippen LogP contribution in [0.1, 0.15) is 15.9 Å². The number of anilines is 1. The topological polar surface area (TPSA) is 99.2 Å². The Kier molecular flexibility index (Phi) is 7.06. The van der Waals surface area contributed by atoms with E-state index in [0.717, 1.165) is 10.5 Å². The summed E-state index contributed by atoms with van der Waals surface area (Å²) in [5.41, 5.74) is 7.66. The number of amides is 2. The first kappa shape index (κ1) is 19.3. The first-order valence-electron chi connectivity index (χ1n) is 7.96. The van der Waals surface area contributed by atoms with Crippen LogP contribution in [0.2, 0.25) is 0 Å². The van der Waals surface area contributed by atoms with Crippen LogP contribution in [0.25, 0.3) is 0 Å². The van der Waals surface area contributed by atoms with Gasteiger partial charge in [0.15, 0.2) is 6.19 Å². The lowest BCUT2D eigenvalue weighted by Gasteiger charge is -2.20. The summed E-state index contributed by atoms with van der Waals surface area (Å²) in [7, 11) is 1.38. The third-order valence-corrected chi connectivity index (χ3v) is 4.74. The average molecular weight is 368 g/mol. The van der Waals surface area contributed by atoms with E-state index in [-0.39, 0.29) is 0 Å². The lowest BCUT2D eigenvalue weighted by molar-refractivity contribution is -0.128. The van der Waals surface area contributed by atoms with Crippen molar-refractivity contribution in [3.63, 3.8) is 0 Å². The van der Waals surface area contributed by atoms with Crippen LogP contribution >= 0.6 is 11.8 Å². The summed E-state index contributed by atoms with van der Waals surface area (Å²) in [5.74, 6) is 0.204. The van der Waals surface area contributed by atoms with Crippen molar-refractivity contribution in [2.24, 2.45) is 0 Å². The average Bonchev–Trinajstić information content (AvgIpc) is 2.66. The molecule has 0 saturated heterocycles. The standard InChI is InChI=1S/C19H20N4O2S/c1-23(13-20)19(25)17(12-26-11-14-6-3-2-4-7-14)22-18(24)15-8-5-9-16(21)10-15/h2-10,17H,11-12,21H2,1H3,(H,22,24)/t17-/m0/s1. The molecule has 7 heteroatoms. The zero-order valence-electron chi connectivity index (χ0n) is 14.4. The van der Waals surface area contributed by atoms with Crippen LogP contribution in [0.4, 0.5) is 5.69 Å². The molecule has 134 valence electrons. The molecule has 2 rings (SSSR count). The van der Waals surface area contributed by atoms with E-state index < -0.39 is 17.9 Å². The largest absolute Gasteiger partial charge is 0.399 e. The summed E-state index contributed by atoms with van der Waals surface area (Å²) in [6.45, 7) is 0. The van der Waals surface area contributed by atoms with Gasteiger partial charge in [0, 0.05) is 29.8 Å². The summed E-state index contributed by atoms with van der Waals surface area (Å²) >= 11 is 1.51. The number of likely N-dealkylation sites (N-methyl/N-ethyl adjacent to an activating group) is 1. The predicted octanol–water partition coefficient (Wildman–Crippen LogP) is 2.24. The van der Waals surface area contributed by atoms with Crippen molar-refractivity contribution in [3.8, 4) is 6.19 Å². The van der Waals surface area contributed by atoms with Crippen LogP contribution in [0.15, 0.2) is 54.6 Å². The van der Waals surface area contributed by atoms with Crippen molar-refractivity contribution >= 4 is 29.3 Å². The van der Waals surface area contributed by atoms with Gasteiger partial charge in [-0.25, -0.2) is 0 Å². The van der Waals surface area contributed by atoms with Crippen molar-refractivity contribution in [1.82, 2.24) is 10.2 Å². The number of rotatable bonds is 7. The number of hydrogen-bond acceptors (Lipinski definition) is 5. The monoisotopic (exact) mass is 368 g/mol. The first-order valence-corrected chi connectivity index (χ1v) is 9.12. The highest BCUT2D eigenvalue weighted by molar-refractivity contribution is 7.98. The van der Waals surface area contributed by atoms with Gasteiger partial charge in [-0.05, 0) is 23.8 Å². The lowest BCUT2D eigenvalue weighted by atomic mass is 10.1. The molecule has 0 saturated carbocycles. The Morgan fingerprint density at radius 3 is 2.62 bits per heavy atom. The van der Waals surface area contributed by atoms with Crippen LogP contribution in [-0.2, 0) is 10.5 Å². The second kappa shape index (κ2) is 9.49. The van der Waals surface area contributed by atoms with Gasteiger partial charge in [0.1, 0.15) is 6.04 Å². The fourth-order valence-electron chi connectivity index (χ4n) is 2.25. The van der Waals surface area contributed by atoms with Crippen molar-refractivity contribution < 1.29 is 9.59 Å². The van der Waals surface area contributed by atoms with Crippen LogP contribution in [-0.4, -0.2) is 35.6 Å². The molecule has 1 atom stereocenters. The second-order valence-corrected chi connectivity index (χ2v) is 6.68. The number of benzene rings is 2. The zero-order chi connectivity index (χ0) is 18.9. The van der Waals surface area contributed by atoms with E-state index in [1.807, 2.05) is 30.3 Å². The molecule has 0 fully saturated rings. The number of thioether (sulfide) groups is 1. The van der Waals surface area contributed by atoms with Crippen molar-refractivity contribution in [3.05, 3.63) is 65.7 Å². The van der Waals surface area contributed by atoms with Gasteiger partial charge in [-0.1, -0.05) is 36.4 Å². The summed E-state index contributed by atoms with van der Waals surface area (Å²) in [6.07, 6.45) is 1.78. The SMILES string of the molecule is CN(C#N)C(=O)[C@H](CSCc1ccccc1)NC(=O)c1cccc(N)c1. The van der Waals surface area contributed by atoms with E-state index in [9.17, 15) is 9.59 Å². The zero-order valence-corrected chi connectivity index (χ0v) is 15.2. The number of carbonyl (C=O) groups is 2. The van der Waals surface area contributed by atoms with Gasteiger partial charge in [-0.15, -0.1) is 0 Å². The Morgan fingerprint density at radius 1 is 1.23 bits per heavy atom. The summed E-state index contributed by atoms with van der Waals surface area (Å²) < 4.78 is 0. The molecule has 0 heterocycles. The van der Waals surface area contributed by atoms with Crippen LogP contribution in [0, 0.1) is 11.5 Å². The molecule has 3 N–H and O–H groups in total. The van der Waals surface area contributed by atoms with E-state index >= 15 is 0 Å². The number of carbonyl (C=O) groups excluding carboxylic acids is 2. The van der Waals surface area contributed by atoms with Gasteiger partial charge >= 0.3 is 0 Å². The van der Waals surface area contributed by atoms with E-state index in [2.05, 4.69) is 5.32 Å². The van der Waals surface area contributed by atoms with E-state index in [1.54, 1.807) is 30.5 Å². The molecule has 0 unspecified atom stereocenters. The van der Waals surface area contributed by atoms with Gasteiger partial charge < -0.3 is 11.1 Å². The number of hydrogen-bond donors (Lipinski definition) is 2. The molecule has 2 amide bonds. The van der Waals surface area contributed by atoms with Crippen LogP contribution in [0.3, 0.4) is 0 Å². The first-order chi connectivity index (χ1) is 12.5. The summed E-state index contributed by atoms with van der Waals surface area (Å²) in [5, 5.41) is 11.7.